The predicted molar refractivity (Wildman–Crippen MR) is 106 cm³/mol. The van der Waals surface area contributed by atoms with E-state index in [2.05, 4.69) is 4.98 Å². The molecular formula is C21H17F3N4O3. The number of aromatic nitrogens is 2. The Hall–Kier alpha value is -3.40. The maximum Gasteiger partial charge on any atom is 0.341 e. The number of carbonyl (C=O) groups is 1. The molecular weight excluding hydrogens is 413 g/mol. The molecule has 0 amide bonds. The third-order valence-corrected chi connectivity index (χ3v) is 6.26. The quantitative estimate of drug-likeness (QED) is 0.658. The van der Waals surface area contributed by atoms with Crippen LogP contribution in [0.2, 0.25) is 0 Å². The first-order valence-electron chi connectivity index (χ1n) is 9.69. The lowest BCUT2D eigenvalue weighted by Crippen LogP contribution is -2.28. The lowest BCUT2D eigenvalue weighted by Gasteiger charge is -2.22. The zero-order valence-corrected chi connectivity index (χ0v) is 16.1. The highest BCUT2D eigenvalue weighted by molar-refractivity contribution is 5.92. The summed E-state index contributed by atoms with van der Waals surface area (Å²) in [6.07, 6.45) is 0.921. The predicted octanol–water partition coefficient (Wildman–Crippen LogP) is 2.14. The van der Waals surface area contributed by atoms with Crippen molar-refractivity contribution in [1.29, 1.82) is 0 Å². The number of nitrogens with zero attached hydrogens (tertiary/aromatic N) is 3. The molecule has 1 saturated heterocycles. The second-order valence-electron chi connectivity index (χ2n) is 7.94. The Morgan fingerprint density at radius 3 is 2.48 bits per heavy atom. The smallest absolute Gasteiger partial charge is 0.341 e. The Bertz CT molecular complexity index is 1300. The van der Waals surface area contributed by atoms with E-state index in [1.807, 2.05) is 0 Å². The van der Waals surface area contributed by atoms with E-state index in [4.69, 9.17) is 5.73 Å². The fraction of sp³-hybridized carbons (Fsp3) is 0.286. The summed E-state index contributed by atoms with van der Waals surface area (Å²) in [5.41, 5.74) is 3.77. The van der Waals surface area contributed by atoms with Gasteiger partial charge in [0.1, 0.15) is 17.2 Å². The van der Waals surface area contributed by atoms with Gasteiger partial charge in [0.15, 0.2) is 17.3 Å². The van der Waals surface area contributed by atoms with Crippen LogP contribution in [-0.2, 0) is 0 Å². The van der Waals surface area contributed by atoms with Crippen LogP contribution in [-0.4, -0.2) is 40.3 Å². The minimum Gasteiger partial charge on any atom is -0.477 e. The fourth-order valence-electron chi connectivity index (χ4n) is 4.62. The largest absolute Gasteiger partial charge is 0.477 e. The number of hydrogen-bond acceptors (Lipinski definition) is 5. The first-order valence-corrected chi connectivity index (χ1v) is 9.69. The van der Waals surface area contributed by atoms with Crippen LogP contribution in [0.25, 0.3) is 16.7 Å². The summed E-state index contributed by atoms with van der Waals surface area (Å²) in [7, 11) is 0. The van der Waals surface area contributed by atoms with Crippen molar-refractivity contribution >= 4 is 22.8 Å². The molecule has 2 fully saturated rings. The van der Waals surface area contributed by atoms with Crippen LogP contribution in [0.3, 0.4) is 0 Å². The molecule has 5 rings (SSSR count). The number of benzene rings is 1. The summed E-state index contributed by atoms with van der Waals surface area (Å²) < 4.78 is 43.9. The Balaban J connectivity index is 1.72. The van der Waals surface area contributed by atoms with E-state index >= 15 is 0 Å². The monoisotopic (exact) mass is 430 g/mol. The highest BCUT2D eigenvalue weighted by Gasteiger charge is 2.55. The van der Waals surface area contributed by atoms with Crippen LogP contribution in [0.5, 0.6) is 0 Å². The van der Waals surface area contributed by atoms with Gasteiger partial charge in [-0.1, -0.05) is 0 Å². The third-order valence-electron chi connectivity index (χ3n) is 6.26. The summed E-state index contributed by atoms with van der Waals surface area (Å²) in [5, 5.41) is 9.08. The Morgan fingerprint density at radius 1 is 1.16 bits per heavy atom. The molecule has 3 aromatic rings. The number of halogens is 3. The van der Waals surface area contributed by atoms with Gasteiger partial charge in [-0.3, -0.25) is 9.36 Å². The normalized spacial score (nSPS) is 22.1. The minimum atomic E-state index is -1.56. The van der Waals surface area contributed by atoms with Crippen molar-refractivity contribution in [2.45, 2.75) is 0 Å². The van der Waals surface area contributed by atoms with Gasteiger partial charge in [-0.2, -0.15) is 0 Å². The molecule has 160 valence electrons. The molecule has 31 heavy (non-hydrogen) atoms. The lowest BCUT2D eigenvalue weighted by molar-refractivity contribution is 0.0695. The van der Waals surface area contributed by atoms with Crippen molar-refractivity contribution in [2.75, 3.05) is 24.5 Å². The summed E-state index contributed by atoms with van der Waals surface area (Å²) in [6.45, 7) is 1.69. The van der Waals surface area contributed by atoms with Gasteiger partial charge in [-0.15, -0.1) is 0 Å². The molecule has 1 saturated carbocycles. The summed E-state index contributed by atoms with van der Waals surface area (Å²) in [6, 6.07) is 3.65. The van der Waals surface area contributed by atoms with E-state index < -0.39 is 34.4 Å². The first-order chi connectivity index (χ1) is 14.8. The molecule has 0 spiro atoms. The maximum absolute atomic E-state index is 14.9. The van der Waals surface area contributed by atoms with Gasteiger partial charge < -0.3 is 15.7 Å². The summed E-state index contributed by atoms with van der Waals surface area (Å²) in [4.78, 5) is 30.2. The Kier molecular flexibility index (Phi) is 4.30. The second kappa shape index (κ2) is 6.81. The van der Waals surface area contributed by atoms with Gasteiger partial charge in [-0.25, -0.2) is 22.9 Å². The number of piperidine rings is 1. The number of hydrogen-bond donors (Lipinski definition) is 2. The van der Waals surface area contributed by atoms with Crippen molar-refractivity contribution in [3.05, 3.63) is 63.7 Å². The molecule has 1 aliphatic heterocycles. The molecule has 7 nitrogen and oxygen atoms in total. The molecule has 2 aromatic heterocycles. The van der Waals surface area contributed by atoms with Crippen molar-refractivity contribution in [3.8, 4) is 5.69 Å². The highest BCUT2D eigenvalue weighted by Crippen LogP contribution is 2.51. The minimum absolute atomic E-state index is 0.00536. The Labute approximate surface area is 173 Å². The van der Waals surface area contributed by atoms with Gasteiger partial charge in [-0.05, 0) is 42.5 Å². The SMILES string of the molecule is NCC1[C@H]2CN(c3nc4c(cc3F)c(=O)c(C(=O)O)cn4-c3ccc(F)cc3F)C[C@@H]12. The molecule has 0 bridgehead atoms. The van der Waals surface area contributed by atoms with E-state index in [1.165, 1.54) is 0 Å². The fourth-order valence-corrected chi connectivity index (χ4v) is 4.62. The molecule has 0 radical (unpaired) electrons. The number of carboxylic acids is 1. The first kappa shape index (κ1) is 19.6. The zero-order chi connectivity index (χ0) is 22.0. The number of rotatable bonds is 4. The molecule has 1 aliphatic carbocycles. The number of carboxylic acid groups (broad SMARTS) is 1. The van der Waals surface area contributed by atoms with Crippen LogP contribution in [0.15, 0.2) is 35.3 Å². The van der Waals surface area contributed by atoms with Gasteiger partial charge in [0.25, 0.3) is 0 Å². The number of nitrogens with two attached hydrogens (primary N) is 1. The second-order valence-corrected chi connectivity index (χ2v) is 7.94. The molecule has 2 aliphatic rings. The van der Waals surface area contributed by atoms with Gasteiger partial charge in [0.2, 0.25) is 5.43 Å². The number of aromatic carboxylic acids is 1. The Morgan fingerprint density at radius 2 is 1.87 bits per heavy atom. The van der Waals surface area contributed by atoms with Crippen molar-refractivity contribution in [1.82, 2.24) is 9.55 Å². The number of anilines is 1. The molecule has 10 heteroatoms. The van der Waals surface area contributed by atoms with E-state index in [9.17, 15) is 27.9 Å². The lowest BCUT2D eigenvalue weighted by atomic mass is 10.1. The summed E-state index contributed by atoms with van der Waals surface area (Å²) >= 11 is 0. The molecule has 1 aromatic carbocycles. The van der Waals surface area contributed by atoms with Crippen molar-refractivity contribution in [3.63, 3.8) is 0 Å². The van der Waals surface area contributed by atoms with Crippen LogP contribution in [0.4, 0.5) is 19.0 Å². The van der Waals surface area contributed by atoms with Crippen LogP contribution < -0.4 is 16.1 Å². The topological polar surface area (TPSA) is 101 Å². The van der Waals surface area contributed by atoms with Gasteiger partial charge >= 0.3 is 5.97 Å². The standard InChI is InChI=1S/C21H17F3N4O3/c22-9-1-2-17(15(23)3-9)28-8-14(21(30)31)18(29)10-4-16(24)20(26-19(10)28)27-6-12-11(5-25)13(12)7-27/h1-4,8,11-13H,5-7,25H2,(H,30,31)/t11?,12-,13+. The van der Waals surface area contributed by atoms with E-state index in [0.717, 1.165) is 29.0 Å². The number of fused-ring (bicyclic) bond motifs is 2. The average molecular weight is 430 g/mol. The number of pyridine rings is 2. The van der Waals surface area contributed by atoms with Crippen molar-refractivity contribution in [2.24, 2.45) is 23.5 Å². The molecule has 3 heterocycles. The molecule has 1 unspecified atom stereocenters. The van der Waals surface area contributed by atoms with Gasteiger partial charge in [0, 0.05) is 25.4 Å². The third kappa shape index (κ3) is 2.97. The maximum atomic E-state index is 14.9. The van der Waals surface area contributed by atoms with E-state index in [1.54, 1.807) is 4.90 Å². The van der Waals surface area contributed by atoms with Crippen LogP contribution >= 0.6 is 0 Å². The van der Waals surface area contributed by atoms with E-state index in [0.29, 0.717) is 43.5 Å². The van der Waals surface area contributed by atoms with Crippen LogP contribution in [0, 0.1) is 35.2 Å². The molecule has 3 atom stereocenters. The zero-order valence-electron chi connectivity index (χ0n) is 16.1. The van der Waals surface area contributed by atoms with Crippen molar-refractivity contribution < 1.29 is 23.1 Å². The highest BCUT2D eigenvalue weighted by atomic mass is 19.1. The summed E-state index contributed by atoms with van der Waals surface area (Å²) in [5.74, 6) is -3.03. The van der Waals surface area contributed by atoms with Gasteiger partial charge in [0.05, 0.1) is 11.1 Å². The average Bonchev–Trinajstić information content (AvgIpc) is 3.19. The molecule has 3 N–H and O–H groups in total. The van der Waals surface area contributed by atoms with E-state index in [-0.39, 0.29) is 22.5 Å². The van der Waals surface area contributed by atoms with Crippen LogP contribution in [0.1, 0.15) is 10.4 Å².